The van der Waals surface area contributed by atoms with Crippen LogP contribution in [0, 0.1) is 5.92 Å². The van der Waals surface area contributed by atoms with Gasteiger partial charge in [-0.1, -0.05) is 26.0 Å². The maximum Gasteiger partial charge on any atom is 0.258 e. The summed E-state index contributed by atoms with van der Waals surface area (Å²) in [4.78, 5) is 12.6. The largest absolute Gasteiger partial charge is 0.490 e. The van der Waals surface area contributed by atoms with Crippen LogP contribution in [0.2, 0.25) is 0 Å². The first-order valence-corrected chi connectivity index (χ1v) is 10.5. The minimum atomic E-state index is -0.128. The van der Waals surface area contributed by atoms with Gasteiger partial charge < -0.3 is 19.5 Å². The third kappa shape index (κ3) is 4.66. The Morgan fingerprint density at radius 1 is 1.00 bits per heavy atom. The van der Waals surface area contributed by atoms with Crippen molar-refractivity contribution in [2.24, 2.45) is 5.92 Å². The highest BCUT2D eigenvalue weighted by Gasteiger charge is 2.21. The van der Waals surface area contributed by atoms with Gasteiger partial charge in [-0.2, -0.15) is 0 Å². The van der Waals surface area contributed by atoms with Crippen molar-refractivity contribution in [2.75, 3.05) is 19.8 Å². The molecule has 1 amide bonds. The van der Waals surface area contributed by atoms with Crippen molar-refractivity contribution in [3.63, 3.8) is 0 Å². The number of hydrogen-bond donors (Lipinski definition) is 1. The molecule has 5 heteroatoms. The van der Waals surface area contributed by atoms with Crippen molar-refractivity contribution in [3.8, 4) is 17.2 Å². The van der Waals surface area contributed by atoms with Gasteiger partial charge in [0.15, 0.2) is 18.1 Å². The average Bonchev–Trinajstić information content (AvgIpc) is 3.06. The highest BCUT2D eigenvalue weighted by molar-refractivity contribution is 5.78. The van der Waals surface area contributed by atoms with Crippen LogP contribution in [0.4, 0.5) is 0 Å². The minimum absolute atomic E-state index is 0.00651. The van der Waals surface area contributed by atoms with Crippen molar-refractivity contribution in [2.45, 2.75) is 45.6 Å². The molecule has 0 spiro atoms. The second-order valence-electron chi connectivity index (χ2n) is 8.12. The first-order valence-electron chi connectivity index (χ1n) is 10.5. The molecule has 0 radical (unpaired) electrons. The van der Waals surface area contributed by atoms with Crippen molar-refractivity contribution in [1.29, 1.82) is 0 Å². The molecule has 0 saturated heterocycles. The molecule has 1 aliphatic carbocycles. The molecule has 0 aromatic heterocycles. The Morgan fingerprint density at radius 3 is 2.62 bits per heavy atom. The fourth-order valence-electron chi connectivity index (χ4n) is 4.01. The zero-order chi connectivity index (χ0) is 20.2. The molecule has 154 valence electrons. The lowest BCUT2D eigenvalue weighted by Crippen LogP contribution is -2.35. The van der Waals surface area contributed by atoms with E-state index >= 15 is 0 Å². The second kappa shape index (κ2) is 8.76. The van der Waals surface area contributed by atoms with Crippen molar-refractivity contribution in [1.82, 2.24) is 5.32 Å². The Labute approximate surface area is 172 Å². The van der Waals surface area contributed by atoms with Gasteiger partial charge >= 0.3 is 0 Å². The fraction of sp³-hybridized carbons (Fsp3) is 0.458. The van der Waals surface area contributed by atoms with E-state index in [4.69, 9.17) is 14.2 Å². The number of amides is 1. The molecule has 1 atom stereocenters. The van der Waals surface area contributed by atoms with Gasteiger partial charge in [-0.05, 0) is 66.1 Å². The lowest BCUT2D eigenvalue weighted by Gasteiger charge is -2.24. The summed E-state index contributed by atoms with van der Waals surface area (Å²) in [6.45, 7) is 5.50. The van der Waals surface area contributed by atoms with Crippen molar-refractivity contribution < 1.29 is 19.0 Å². The van der Waals surface area contributed by atoms with E-state index in [1.54, 1.807) is 0 Å². The zero-order valence-electron chi connectivity index (χ0n) is 17.2. The maximum atomic E-state index is 12.6. The van der Waals surface area contributed by atoms with Crippen LogP contribution < -0.4 is 19.5 Å². The summed E-state index contributed by atoms with van der Waals surface area (Å²) in [5.74, 6) is 2.37. The molecule has 5 nitrogen and oxygen atoms in total. The third-order valence-electron chi connectivity index (χ3n) is 5.55. The molecule has 0 bridgehead atoms. The predicted molar refractivity (Wildman–Crippen MR) is 112 cm³/mol. The van der Waals surface area contributed by atoms with E-state index in [-0.39, 0.29) is 24.5 Å². The Kier molecular flexibility index (Phi) is 5.93. The van der Waals surface area contributed by atoms with E-state index in [2.05, 4.69) is 31.3 Å². The highest BCUT2D eigenvalue weighted by Crippen LogP contribution is 2.34. The summed E-state index contributed by atoms with van der Waals surface area (Å²) in [5.41, 5.74) is 3.75. The summed E-state index contributed by atoms with van der Waals surface area (Å²) in [6, 6.07) is 11.9. The summed E-state index contributed by atoms with van der Waals surface area (Å²) in [7, 11) is 0. The van der Waals surface area contributed by atoms with Crippen LogP contribution in [0.25, 0.3) is 0 Å². The number of benzene rings is 2. The minimum Gasteiger partial charge on any atom is -0.490 e. The molecule has 1 unspecified atom stereocenters. The molecule has 0 fully saturated rings. The normalized spacial score (nSPS) is 16.1. The molecule has 0 saturated carbocycles. The van der Waals surface area contributed by atoms with Gasteiger partial charge in [0.2, 0.25) is 0 Å². The molecule has 2 aromatic rings. The molecular formula is C24H29NO4. The Hall–Kier alpha value is -2.69. The van der Waals surface area contributed by atoms with E-state index in [0.29, 0.717) is 13.2 Å². The van der Waals surface area contributed by atoms with Crippen LogP contribution in [0.3, 0.4) is 0 Å². The SMILES string of the molecule is CC(C)C(NC(=O)COc1ccc2c(c1)CCC2)c1ccc2c(c1)OCCCO2. The number of carbonyl (C=O) groups is 1. The van der Waals surface area contributed by atoms with Gasteiger partial charge in [-0.3, -0.25) is 4.79 Å². The number of rotatable bonds is 6. The number of aryl methyl sites for hydroxylation is 2. The van der Waals surface area contributed by atoms with Gasteiger partial charge in [0.05, 0.1) is 19.3 Å². The summed E-state index contributed by atoms with van der Waals surface area (Å²) in [6.07, 6.45) is 4.30. The van der Waals surface area contributed by atoms with E-state index in [0.717, 1.165) is 42.1 Å². The van der Waals surface area contributed by atoms with Crippen LogP contribution in [0.15, 0.2) is 36.4 Å². The van der Waals surface area contributed by atoms with Gasteiger partial charge in [-0.25, -0.2) is 0 Å². The maximum absolute atomic E-state index is 12.6. The molecular weight excluding hydrogens is 366 g/mol. The molecule has 2 aromatic carbocycles. The molecule has 2 aliphatic rings. The topological polar surface area (TPSA) is 56.8 Å². The van der Waals surface area contributed by atoms with Gasteiger partial charge in [0, 0.05) is 6.42 Å². The first-order chi connectivity index (χ1) is 14.1. The van der Waals surface area contributed by atoms with Crippen molar-refractivity contribution in [3.05, 3.63) is 53.1 Å². The summed E-state index contributed by atoms with van der Waals surface area (Å²) < 4.78 is 17.3. The van der Waals surface area contributed by atoms with E-state index in [1.165, 1.54) is 17.5 Å². The van der Waals surface area contributed by atoms with Crippen molar-refractivity contribution >= 4 is 5.91 Å². The van der Waals surface area contributed by atoms with Gasteiger partial charge in [0.25, 0.3) is 5.91 Å². The number of hydrogen-bond acceptors (Lipinski definition) is 4. The number of carbonyl (C=O) groups excluding carboxylic acids is 1. The standard InChI is InChI=1S/C24H29NO4/c1-16(2)24(19-8-10-21-22(14-19)28-12-4-11-27-21)25-23(26)15-29-20-9-7-17-5-3-6-18(17)13-20/h7-10,13-14,16,24H,3-6,11-12,15H2,1-2H3,(H,25,26). The van der Waals surface area contributed by atoms with Crippen LogP contribution in [-0.4, -0.2) is 25.7 Å². The van der Waals surface area contributed by atoms with Gasteiger partial charge in [-0.15, -0.1) is 0 Å². The predicted octanol–water partition coefficient (Wildman–Crippen LogP) is 4.23. The average molecular weight is 395 g/mol. The van der Waals surface area contributed by atoms with E-state index in [9.17, 15) is 4.79 Å². The lowest BCUT2D eigenvalue weighted by molar-refractivity contribution is -0.124. The smallest absolute Gasteiger partial charge is 0.258 e. The summed E-state index contributed by atoms with van der Waals surface area (Å²) in [5, 5.41) is 3.12. The molecule has 29 heavy (non-hydrogen) atoms. The molecule has 4 rings (SSSR count). The molecule has 1 N–H and O–H groups in total. The quantitative estimate of drug-likeness (QED) is 0.795. The van der Waals surface area contributed by atoms with Crippen LogP contribution in [-0.2, 0) is 17.6 Å². The Morgan fingerprint density at radius 2 is 1.79 bits per heavy atom. The third-order valence-corrected chi connectivity index (χ3v) is 5.55. The monoisotopic (exact) mass is 395 g/mol. The van der Waals surface area contributed by atoms with Crippen LogP contribution in [0.5, 0.6) is 17.2 Å². The van der Waals surface area contributed by atoms with Crippen LogP contribution in [0.1, 0.15) is 49.4 Å². The van der Waals surface area contributed by atoms with Crippen LogP contribution >= 0.6 is 0 Å². The first kappa shape index (κ1) is 19.6. The fourth-order valence-corrected chi connectivity index (χ4v) is 4.01. The Bertz CT molecular complexity index is 877. The number of ether oxygens (including phenoxy) is 3. The molecule has 1 heterocycles. The van der Waals surface area contributed by atoms with E-state index in [1.807, 2.05) is 24.3 Å². The lowest BCUT2D eigenvalue weighted by atomic mass is 9.95. The number of nitrogens with one attached hydrogen (secondary N) is 1. The Balaban J connectivity index is 1.40. The molecule has 1 aliphatic heterocycles. The van der Waals surface area contributed by atoms with E-state index < -0.39 is 0 Å². The van der Waals surface area contributed by atoms with Gasteiger partial charge in [0.1, 0.15) is 5.75 Å². The second-order valence-corrected chi connectivity index (χ2v) is 8.12. The highest BCUT2D eigenvalue weighted by atomic mass is 16.5. The zero-order valence-corrected chi connectivity index (χ0v) is 17.2. The summed E-state index contributed by atoms with van der Waals surface area (Å²) >= 11 is 0. The number of fused-ring (bicyclic) bond motifs is 2.